The lowest BCUT2D eigenvalue weighted by Gasteiger charge is -2.27. The van der Waals surface area contributed by atoms with E-state index in [4.69, 9.17) is 28.7 Å². The second-order valence-corrected chi connectivity index (χ2v) is 11.9. The first kappa shape index (κ1) is 30.3. The Kier molecular flexibility index (Phi) is 9.71. The Morgan fingerprint density at radius 2 is 1.33 bits per heavy atom. The Hall–Kier alpha value is -3.32. The van der Waals surface area contributed by atoms with Gasteiger partial charge in [-0.25, -0.2) is 9.78 Å². The molecule has 11 heteroatoms. The molecule has 0 radical (unpaired) electrons. The molecule has 0 N–H and O–H groups in total. The Morgan fingerprint density at radius 1 is 0.711 bits per heavy atom. The number of ether oxygens (including phenoxy) is 5. The molecule has 0 aliphatic carbocycles. The number of nitrogens with zero attached hydrogens (tertiary/aromatic N) is 5. The van der Waals surface area contributed by atoms with Crippen molar-refractivity contribution >= 4 is 38.8 Å². The molecule has 3 fully saturated rings. The highest BCUT2D eigenvalue weighted by Gasteiger charge is 2.23. The molecule has 0 amide bonds. The van der Waals surface area contributed by atoms with Gasteiger partial charge in [-0.3, -0.25) is 14.7 Å². The Balaban J connectivity index is 1.23. The summed E-state index contributed by atoms with van der Waals surface area (Å²) in [6.45, 7) is 14.0. The van der Waals surface area contributed by atoms with Crippen LogP contribution in [0.5, 0.6) is 5.75 Å². The number of benzene rings is 2. The Morgan fingerprint density at radius 3 is 2.02 bits per heavy atom. The monoisotopic (exact) mass is 617 g/mol. The third-order valence-corrected chi connectivity index (χ3v) is 9.11. The molecule has 3 saturated heterocycles. The average molecular weight is 618 g/mol. The van der Waals surface area contributed by atoms with Crippen molar-refractivity contribution in [3.05, 3.63) is 48.0 Å². The summed E-state index contributed by atoms with van der Waals surface area (Å²) in [4.78, 5) is 25.5. The molecule has 4 aromatic rings. The minimum atomic E-state index is -0.317. The van der Waals surface area contributed by atoms with E-state index in [1.807, 2.05) is 36.4 Å². The van der Waals surface area contributed by atoms with Gasteiger partial charge in [-0.2, -0.15) is 0 Å². The molecule has 5 heterocycles. The fourth-order valence-electron chi connectivity index (χ4n) is 6.54. The van der Waals surface area contributed by atoms with Gasteiger partial charge in [0.1, 0.15) is 24.2 Å². The van der Waals surface area contributed by atoms with E-state index in [1.165, 1.54) is 0 Å². The Bertz CT molecular complexity index is 1610. The molecule has 2 aromatic heterocycles. The molecule has 2 aromatic carbocycles. The van der Waals surface area contributed by atoms with Crippen LogP contribution in [0.25, 0.3) is 32.8 Å². The maximum atomic E-state index is 13.2. The molecule has 3 aliphatic heterocycles. The SMILES string of the molecule is O=C(OCCN1CCOCC1)c1ccc2c(c1)c1nc3ccccc3c(OCCN3CCOCC3)c1n2CCN1CCOCC1. The highest BCUT2D eigenvalue weighted by atomic mass is 16.5. The van der Waals surface area contributed by atoms with Crippen LogP contribution in [0.2, 0.25) is 0 Å². The number of aromatic nitrogens is 2. The minimum absolute atomic E-state index is 0.317. The van der Waals surface area contributed by atoms with Crippen molar-refractivity contribution in [1.29, 1.82) is 0 Å². The standard InChI is InChI=1S/C34H43N5O6/c40-34(45-24-16-38-13-21-43-22-14-38)26-5-6-30-28(25-26)31-32(39(30)8-7-36-9-17-41-18-10-36)33(27-3-1-2-4-29(27)35-31)44-23-15-37-11-19-42-20-12-37/h1-6,25H,7-24H2. The van der Waals surface area contributed by atoms with Gasteiger partial charge in [-0.15, -0.1) is 0 Å². The lowest BCUT2D eigenvalue weighted by Crippen LogP contribution is -2.38. The summed E-state index contributed by atoms with van der Waals surface area (Å²) in [6.07, 6.45) is 0. The summed E-state index contributed by atoms with van der Waals surface area (Å²) >= 11 is 0. The topological polar surface area (TPSA) is 90.8 Å². The zero-order chi connectivity index (χ0) is 30.4. The second kappa shape index (κ2) is 14.4. The molecule has 0 bridgehead atoms. The maximum absolute atomic E-state index is 13.2. The van der Waals surface area contributed by atoms with E-state index in [0.717, 1.165) is 137 Å². The van der Waals surface area contributed by atoms with E-state index < -0.39 is 0 Å². The predicted octanol–water partition coefficient (Wildman–Crippen LogP) is 2.87. The summed E-state index contributed by atoms with van der Waals surface area (Å²) in [7, 11) is 0. The maximum Gasteiger partial charge on any atom is 0.338 e. The molecular weight excluding hydrogens is 574 g/mol. The first-order valence-electron chi connectivity index (χ1n) is 16.3. The van der Waals surface area contributed by atoms with Crippen LogP contribution in [0.1, 0.15) is 10.4 Å². The number of morpholine rings is 3. The van der Waals surface area contributed by atoms with Crippen molar-refractivity contribution in [2.45, 2.75) is 6.54 Å². The molecule has 7 rings (SSSR count). The fourth-order valence-corrected chi connectivity index (χ4v) is 6.54. The van der Waals surface area contributed by atoms with Gasteiger partial charge in [-0.05, 0) is 30.3 Å². The number of hydrogen-bond donors (Lipinski definition) is 0. The quantitative estimate of drug-likeness (QED) is 0.234. The summed E-state index contributed by atoms with van der Waals surface area (Å²) in [6, 6.07) is 14.0. The van der Waals surface area contributed by atoms with Crippen LogP contribution in [0.3, 0.4) is 0 Å². The molecule has 240 valence electrons. The van der Waals surface area contributed by atoms with Crippen LogP contribution in [0.15, 0.2) is 42.5 Å². The van der Waals surface area contributed by atoms with E-state index in [2.05, 4.69) is 25.3 Å². The van der Waals surface area contributed by atoms with Crippen molar-refractivity contribution in [3.63, 3.8) is 0 Å². The molecule has 11 nitrogen and oxygen atoms in total. The molecular formula is C34H43N5O6. The van der Waals surface area contributed by atoms with Crippen LogP contribution in [0.4, 0.5) is 0 Å². The summed E-state index contributed by atoms with van der Waals surface area (Å²) in [5.41, 5.74) is 4.24. The van der Waals surface area contributed by atoms with Gasteiger partial charge in [0.05, 0.1) is 56.2 Å². The predicted molar refractivity (Wildman–Crippen MR) is 172 cm³/mol. The van der Waals surface area contributed by atoms with Crippen molar-refractivity contribution in [3.8, 4) is 5.75 Å². The average Bonchev–Trinajstić information content (AvgIpc) is 3.40. The largest absolute Gasteiger partial charge is 0.489 e. The van der Waals surface area contributed by atoms with E-state index in [9.17, 15) is 4.79 Å². The fraction of sp³-hybridized carbons (Fsp3) is 0.529. The van der Waals surface area contributed by atoms with Crippen LogP contribution >= 0.6 is 0 Å². The Labute approximate surface area is 263 Å². The third-order valence-electron chi connectivity index (χ3n) is 9.11. The zero-order valence-electron chi connectivity index (χ0n) is 26.0. The third kappa shape index (κ3) is 6.94. The lowest BCUT2D eigenvalue weighted by atomic mass is 10.1. The van der Waals surface area contributed by atoms with Crippen molar-refractivity contribution in [2.75, 3.05) is 112 Å². The lowest BCUT2D eigenvalue weighted by molar-refractivity contribution is 0.0195. The van der Waals surface area contributed by atoms with E-state index in [-0.39, 0.29) is 5.97 Å². The van der Waals surface area contributed by atoms with Gasteiger partial charge in [-0.1, -0.05) is 12.1 Å². The molecule has 0 atom stereocenters. The number of pyridine rings is 1. The van der Waals surface area contributed by atoms with Crippen molar-refractivity contribution in [1.82, 2.24) is 24.3 Å². The number of fused-ring (bicyclic) bond motifs is 4. The normalized spacial score (nSPS) is 19.0. The molecule has 45 heavy (non-hydrogen) atoms. The summed E-state index contributed by atoms with van der Waals surface area (Å²) in [5, 5.41) is 1.92. The number of carbonyl (C=O) groups excluding carboxylic acids is 1. The number of rotatable bonds is 11. The minimum Gasteiger partial charge on any atom is -0.489 e. The summed E-state index contributed by atoms with van der Waals surface area (Å²) < 4.78 is 31.3. The molecule has 0 saturated carbocycles. The van der Waals surface area contributed by atoms with Gasteiger partial charge < -0.3 is 28.3 Å². The number of hydrogen-bond acceptors (Lipinski definition) is 10. The first-order valence-corrected chi connectivity index (χ1v) is 16.3. The van der Waals surface area contributed by atoms with Crippen LogP contribution < -0.4 is 4.74 Å². The van der Waals surface area contributed by atoms with Gasteiger partial charge in [0.15, 0.2) is 5.75 Å². The highest BCUT2D eigenvalue weighted by Crippen LogP contribution is 2.39. The van der Waals surface area contributed by atoms with Crippen molar-refractivity contribution in [2.24, 2.45) is 0 Å². The van der Waals surface area contributed by atoms with Gasteiger partial charge in [0.2, 0.25) is 0 Å². The van der Waals surface area contributed by atoms with Crippen LogP contribution in [0, 0.1) is 0 Å². The zero-order valence-corrected chi connectivity index (χ0v) is 26.0. The second-order valence-electron chi connectivity index (χ2n) is 11.9. The van der Waals surface area contributed by atoms with Gasteiger partial charge in [0, 0.05) is 76.2 Å². The van der Waals surface area contributed by atoms with E-state index >= 15 is 0 Å². The van der Waals surface area contributed by atoms with Gasteiger partial charge >= 0.3 is 5.97 Å². The number of esters is 1. The van der Waals surface area contributed by atoms with Crippen LogP contribution in [-0.2, 0) is 25.5 Å². The smallest absolute Gasteiger partial charge is 0.338 e. The van der Waals surface area contributed by atoms with Gasteiger partial charge in [0.25, 0.3) is 0 Å². The van der Waals surface area contributed by atoms with E-state index in [1.54, 1.807) is 0 Å². The molecule has 3 aliphatic rings. The number of para-hydroxylation sites is 1. The number of carbonyl (C=O) groups is 1. The first-order chi connectivity index (χ1) is 22.2. The highest BCUT2D eigenvalue weighted by molar-refractivity contribution is 6.14. The van der Waals surface area contributed by atoms with Crippen LogP contribution in [-0.4, -0.2) is 142 Å². The van der Waals surface area contributed by atoms with Crippen molar-refractivity contribution < 1.29 is 28.5 Å². The van der Waals surface area contributed by atoms with E-state index in [0.29, 0.717) is 25.3 Å². The molecule has 0 spiro atoms. The molecule has 0 unspecified atom stereocenters. The summed E-state index contributed by atoms with van der Waals surface area (Å²) in [5.74, 6) is 0.527.